The number of pyridine rings is 1. The molecule has 0 unspecified atom stereocenters. The van der Waals surface area contributed by atoms with E-state index in [0.29, 0.717) is 5.56 Å². The van der Waals surface area contributed by atoms with E-state index in [4.69, 9.17) is 0 Å². The molecule has 59 valence electrons. The van der Waals surface area contributed by atoms with Crippen molar-refractivity contribution in [2.75, 3.05) is 6.26 Å². The molecule has 0 aliphatic carbocycles. The van der Waals surface area contributed by atoms with E-state index in [1.165, 1.54) is 12.3 Å². The molecular weight excluding hydrogens is 162 g/mol. The molecule has 4 heteroatoms. The first kappa shape index (κ1) is 8.20. The van der Waals surface area contributed by atoms with Crippen LogP contribution in [-0.4, -0.2) is 19.7 Å². The highest BCUT2D eigenvalue weighted by atomic mass is 32.2. The van der Waals surface area contributed by atoms with Crippen LogP contribution in [0.3, 0.4) is 0 Å². The molecule has 0 saturated heterocycles. The second-order valence-electron chi connectivity index (χ2n) is 2.27. The number of hydrogen-bond donors (Lipinski definition) is 0. The summed E-state index contributed by atoms with van der Waals surface area (Å²) >= 11 is 0. The van der Waals surface area contributed by atoms with Crippen LogP contribution < -0.4 is 0 Å². The largest absolute Gasteiger partial charge is 0.245 e. The van der Waals surface area contributed by atoms with Crippen molar-refractivity contribution in [3.63, 3.8) is 0 Å². The fourth-order valence-corrected chi connectivity index (χ4v) is 1.27. The number of rotatable bonds is 1. The van der Waals surface area contributed by atoms with Gasteiger partial charge in [0.1, 0.15) is 0 Å². The zero-order chi connectivity index (χ0) is 8.48. The molecule has 0 N–H and O–H groups in total. The van der Waals surface area contributed by atoms with Crippen molar-refractivity contribution in [3.8, 4) is 0 Å². The van der Waals surface area contributed by atoms with Crippen molar-refractivity contribution >= 4 is 9.84 Å². The van der Waals surface area contributed by atoms with Crippen LogP contribution in [0.15, 0.2) is 23.4 Å². The average molecular weight is 170 g/mol. The summed E-state index contributed by atoms with van der Waals surface area (Å²) in [6, 6.07) is 3.09. The summed E-state index contributed by atoms with van der Waals surface area (Å²) in [5.41, 5.74) is 0.653. The van der Waals surface area contributed by atoms with E-state index >= 15 is 0 Å². The highest BCUT2D eigenvalue weighted by Gasteiger charge is 2.06. The first-order valence-electron chi connectivity index (χ1n) is 2.98. The Morgan fingerprint density at radius 1 is 1.55 bits per heavy atom. The van der Waals surface area contributed by atoms with Crippen LogP contribution in [0, 0.1) is 6.92 Å². The molecule has 3 nitrogen and oxygen atoms in total. The van der Waals surface area contributed by atoms with E-state index < -0.39 is 9.84 Å². The minimum atomic E-state index is -3.18. The van der Waals surface area contributed by atoms with E-state index in [1.54, 1.807) is 6.07 Å². The van der Waals surface area contributed by atoms with Crippen molar-refractivity contribution < 1.29 is 8.42 Å². The predicted octanol–water partition coefficient (Wildman–Crippen LogP) is 0.667. The van der Waals surface area contributed by atoms with Gasteiger partial charge in [-0.05, 0) is 24.6 Å². The van der Waals surface area contributed by atoms with Gasteiger partial charge in [0.25, 0.3) is 0 Å². The quantitative estimate of drug-likeness (QED) is 0.622. The monoisotopic (exact) mass is 170 g/mol. The smallest absolute Gasteiger partial charge is 0.192 e. The minimum absolute atomic E-state index is 0.0741. The lowest BCUT2D eigenvalue weighted by Gasteiger charge is -1.96. The summed E-state index contributed by atoms with van der Waals surface area (Å²) in [6.07, 6.45) is 2.55. The molecule has 0 aliphatic rings. The lowest BCUT2D eigenvalue weighted by Crippen LogP contribution is -1.99. The van der Waals surface area contributed by atoms with Crippen molar-refractivity contribution in [2.45, 2.75) is 5.03 Å². The molecule has 0 bridgehead atoms. The average Bonchev–Trinajstić information content (AvgIpc) is 1.86. The van der Waals surface area contributed by atoms with E-state index in [2.05, 4.69) is 11.9 Å². The standard InChI is InChI=1S/C7H8NO2S/c1-6-3-4-8-7(5-6)11(2,9)10/h3-5H,1H2,2H3. The molecule has 0 aromatic carbocycles. The van der Waals surface area contributed by atoms with Crippen molar-refractivity contribution in [1.29, 1.82) is 0 Å². The van der Waals surface area contributed by atoms with Gasteiger partial charge in [0, 0.05) is 12.5 Å². The third kappa shape index (κ3) is 2.01. The number of sulfone groups is 1. The zero-order valence-corrected chi connectivity index (χ0v) is 6.93. The number of hydrogen-bond acceptors (Lipinski definition) is 3. The highest BCUT2D eigenvalue weighted by molar-refractivity contribution is 7.90. The van der Waals surface area contributed by atoms with Gasteiger partial charge >= 0.3 is 0 Å². The Labute approximate surface area is 66.0 Å². The molecule has 1 aromatic rings. The van der Waals surface area contributed by atoms with Gasteiger partial charge in [0.05, 0.1) is 0 Å². The van der Waals surface area contributed by atoms with E-state index in [0.717, 1.165) is 6.26 Å². The molecule has 1 rings (SSSR count). The maximum absolute atomic E-state index is 10.9. The van der Waals surface area contributed by atoms with Crippen LogP contribution in [0.2, 0.25) is 0 Å². The summed E-state index contributed by atoms with van der Waals surface area (Å²) in [7, 11) is -3.18. The third-order valence-corrected chi connectivity index (χ3v) is 2.16. The summed E-state index contributed by atoms with van der Waals surface area (Å²) in [5.74, 6) is 0. The van der Waals surface area contributed by atoms with Gasteiger partial charge in [0.15, 0.2) is 14.9 Å². The molecule has 0 atom stereocenters. The SMILES string of the molecule is [CH2]c1ccnc(S(C)(=O)=O)c1. The molecule has 0 fully saturated rings. The van der Waals surface area contributed by atoms with Gasteiger partial charge in [-0.1, -0.05) is 0 Å². The molecule has 1 heterocycles. The minimum Gasteiger partial charge on any atom is -0.245 e. The molecule has 11 heavy (non-hydrogen) atoms. The molecule has 1 radical (unpaired) electrons. The Balaban J connectivity index is 3.28. The molecule has 1 aromatic heterocycles. The van der Waals surface area contributed by atoms with Crippen LogP contribution in [0.1, 0.15) is 5.56 Å². The highest BCUT2D eigenvalue weighted by Crippen LogP contribution is 2.05. The first-order chi connectivity index (χ1) is 5.00. The van der Waals surface area contributed by atoms with E-state index in [9.17, 15) is 8.42 Å². The zero-order valence-electron chi connectivity index (χ0n) is 6.11. The van der Waals surface area contributed by atoms with Crippen molar-refractivity contribution in [2.24, 2.45) is 0 Å². The fraction of sp³-hybridized carbons (Fsp3) is 0.143. The summed E-state index contributed by atoms with van der Waals surface area (Å²) in [5, 5.41) is 0.0741. The van der Waals surface area contributed by atoms with Crippen LogP contribution in [0.25, 0.3) is 0 Å². The van der Waals surface area contributed by atoms with Crippen LogP contribution in [-0.2, 0) is 9.84 Å². The Hall–Kier alpha value is -0.900. The van der Waals surface area contributed by atoms with E-state index in [-0.39, 0.29) is 5.03 Å². The lowest BCUT2D eigenvalue weighted by atomic mass is 10.3. The van der Waals surface area contributed by atoms with Crippen LogP contribution >= 0.6 is 0 Å². The van der Waals surface area contributed by atoms with Gasteiger partial charge in [-0.3, -0.25) is 0 Å². The Bertz CT molecular complexity index is 356. The van der Waals surface area contributed by atoms with E-state index in [1.807, 2.05) is 0 Å². The van der Waals surface area contributed by atoms with Gasteiger partial charge in [-0.15, -0.1) is 0 Å². The fourth-order valence-electron chi connectivity index (χ4n) is 0.653. The normalized spacial score (nSPS) is 11.5. The maximum atomic E-state index is 10.9. The summed E-state index contributed by atoms with van der Waals surface area (Å²) < 4.78 is 21.8. The molecular formula is C7H8NO2S. The Kier molecular flexibility index (Phi) is 1.95. The second-order valence-corrected chi connectivity index (χ2v) is 4.24. The summed E-state index contributed by atoms with van der Waals surface area (Å²) in [4.78, 5) is 3.68. The molecule has 0 saturated carbocycles. The van der Waals surface area contributed by atoms with Crippen molar-refractivity contribution in [3.05, 3.63) is 30.8 Å². The van der Waals surface area contributed by atoms with Gasteiger partial charge < -0.3 is 0 Å². The first-order valence-corrected chi connectivity index (χ1v) is 4.87. The third-order valence-electron chi connectivity index (χ3n) is 1.18. The second kappa shape index (κ2) is 2.62. The van der Waals surface area contributed by atoms with Gasteiger partial charge in [-0.2, -0.15) is 0 Å². The van der Waals surface area contributed by atoms with Crippen molar-refractivity contribution in [1.82, 2.24) is 4.98 Å². The molecule has 0 aliphatic heterocycles. The Morgan fingerprint density at radius 2 is 2.18 bits per heavy atom. The van der Waals surface area contributed by atoms with Crippen LogP contribution in [0.5, 0.6) is 0 Å². The Morgan fingerprint density at radius 3 is 2.55 bits per heavy atom. The predicted molar refractivity (Wildman–Crippen MR) is 41.8 cm³/mol. The van der Waals surface area contributed by atoms with Gasteiger partial charge in [0.2, 0.25) is 0 Å². The van der Waals surface area contributed by atoms with Gasteiger partial charge in [-0.25, -0.2) is 13.4 Å². The van der Waals surface area contributed by atoms with Crippen LogP contribution in [0.4, 0.5) is 0 Å². The topological polar surface area (TPSA) is 47.0 Å². The molecule has 0 spiro atoms. The molecule has 0 amide bonds. The number of aromatic nitrogens is 1. The lowest BCUT2D eigenvalue weighted by molar-refractivity contribution is 0.598. The number of nitrogens with zero attached hydrogens (tertiary/aromatic N) is 1. The maximum Gasteiger partial charge on any atom is 0.192 e. The summed E-state index contributed by atoms with van der Waals surface area (Å²) in [6.45, 7) is 3.59.